The molecule has 0 aliphatic carbocycles. The molecule has 1 amide bonds. The summed E-state index contributed by atoms with van der Waals surface area (Å²) in [6.07, 6.45) is 9.71. The van der Waals surface area contributed by atoms with Gasteiger partial charge in [0.2, 0.25) is 0 Å². The summed E-state index contributed by atoms with van der Waals surface area (Å²) >= 11 is 3.53. The number of unbranched alkanes of at least 4 members (excludes halogenated alkanes) is 3. The monoisotopic (exact) mass is 408 g/mol. The summed E-state index contributed by atoms with van der Waals surface area (Å²) in [7, 11) is 0. The Balaban J connectivity index is 0.00000190. The first-order valence-electron chi connectivity index (χ1n) is 10.8. The maximum Gasteiger partial charge on any atom is 0.257 e. The van der Waals surface area contributed by atoms with E-state index in [4.69, 9.17) is 0 Å². The Morgan fingerprint density at radius 1 is 1.18 bits per heavy atom. The molecule has 160 valence electrons. The van der Waals surface area contributed by atoms with Crippen LogP contribution in [0.3, 0.4) is 0 Å². The lowest BCUT2D eigenvalue weighted by atomic mass is 10.1. The number of hydrogen-bond donors (Lipinski definition) is 2. The second-order valence-electron chi connectivity index (χ2n) is 7.70. The van der Waals surface area contributed by atoms with Crippen LogP contribution in [0.1, 0.15) is 63.2 Å². The van der Waals surface area contributed by atoms with Gasteiger partial charge in [0, 0.05) is 38.9 Å². The van der Waals surface area contributed by atoms with Crippen LogP contribution in [0.4, 0.5) is 5.82 Å². The highest BCUT2D eigenvalue weighted by molar-refractivity contribution is 7.79. The van der Waals surface area contributed by atoms with Crippen LogP contribution in [0, 0.1) is 5.92 Å². The van der Waals surface area contributed by atoms with E-state index in [0.717, 1.165) is 51.5 Å². The van der Waals surface area contributed by atoms with E-state index in [-0.39, 0.29) is 5.91 Å². The molecule has 0 unspecified atom stereocenters. The lowest BCUT2D eigenvalue weighted by molar-refractivity contribution is 0.0636. The van der Waals surface area contributed by atoms with Gasteiger partial charge >= 0.3 is 0 Å². The van der Waals surface area contributed by atoms with Crippen molar-refractivity contribution in [2.75, 3.05) is 50.8 Å². The highest BCUT2D eigenvalue weighted by atomic mass is 32.1. The van der Waals surface area contributed by atoms with Crippen LogP contribution in [-0.2, 0) is 0 Å². The topological polar surface area (TPSA) is 48.5 Å². The molecule has 1 aliphatic rings. The van der Waals surface area contributed by atoms with Gasteiger partial charge in [-0.1, -0.05) is 40.0 Å². The number of thiol groups is 1. The fourth-order valence-corrected chi connectivity index (χ4v) is 3.31. The van der Waals surface area contributed by atoms with Crippen LogP contribution in [0.2, 0.25) is 0 Å². The van der Waals surface area contributed by atoms with Gasteiger partial charge in [0.1, 0.15) is 5.82 Å². The summed E-state index contributed by atoms with van der Waals surface area (Å²) in [5.74, 6) is 1.46. The smallest absolute Gasteiger partial charge is 0.257 e. The second-order valence-corrected chi connectivity index (χ2v) is 7.70. The predicted octanol–water partition coefficient (Wildman–Crippen LogP) is 4.42. The Kier molecular flexibility index (Phi) is 13.0. The van der Waals surface area contributed by atoms with Gasteiger partial charge in [-0.15, -0.1) is 0 Å². The van der Waals surface area contributed by atoms with Crippen molar-refractivity contribution in [2.45, 2.75) is 52.9 Å². The second kappa shape index (κ2) is 14.7. The van der Waals surface area contributed by atoms with Crippen molar-refractivity contribution in [2.24, 2.45) is 5.92 Å². The number of carbonyl (C=O) groups is 1. The van der Waals surface area contributed by atoms with Crippen LogP contribution in [0.15, 0.2) is 18.3 Å². The average molecular weight is 409 g/mol. The first kappa shape index (κ1) is 24.8. The van der Waals surface area contributed by atoms with Crippen molar-refractivity contribution >= 4 is 24.4 Å². The Hall–Kier alpha value is -1.27. The maximum absolute atomic E-state index is 13.0. The maximum atomic E-state index is 13.0. The molecule has 1 aromatic rings. The molecule has 6 heteroatoms. The molecule has 5 nitrogen and oxygen atoms in total. The number of nitrogens with zero attached hydrogens (tertiary/aromatic N) is 3. The average Bonchev–Trinajstić information content (AvgIpc) is 2.73. The first-order valence-corrected chi connectivity index (χ1v) is 11.7. The van der Waals surface area contributed by atoms with Crippen molar-refractivity contribution in [3.63, 3.8) is 0 Å². The van der Waals surface area contributed by atoms with Crippen LogP contribution < -0.4 is 5.32 Å². The molecule has 1 N–H and O–H groups in total. The van der Waals surface area contributed by atoms with Gasteiger partial charge in [-0.05, 0) is 43.7 Å². The van der Waals surface area contributed by atoms with Gasteiger partial charge in [0.25, 0.3) is 5.91 Å². The summed E-state index contributed by atoms with van der Waals surface area (Å²) in [5, 5.41) is 3.34. The number of anilines is 1. The number of hydrogen-bond acceptors (Lipinski definition) is 5. The van der Waals surface area contributed by atoms with Crippen molar-refractivity contribution in [3.8, 4) is 0 Å². The third kappa shape index (κ3) is 8.82. The Morgan fingerprint density at radius 3 is 2.54 bits per heavy atom. The third-order valence-electron chi connectivity index (χ3n) is 5.04. The van der Waals surface area contributed by atoms with Crippen LogP contribution in [0.5, 0.6) is 0 Å². The Morgan fingerprint density at radius 2 is 1.89 bits per heavy atom. The van der Waals surface area contributed by atoms with Crippen molar-refractivity contribution < 1.29 is 4.79 Å². The zero-order valence-corrected chi connectivity index (χ0v) is 19.2. The standard InChI is InChI=1S/C21H36N4O.CH4S/c1-4-5-6-7-13-24-14-16-25(17-15-24)21(26)19-9-8-11-22-20(19)23-12-10-18(2)3;1-2/h8-9,11,18H,4-7,10,12-17H2,1-3H3,(H,22,23);2H,1H3. The number of carbonyl (C=O) groups excluding carboxylic acids is 1. The quantitative estimate of drug-likeness (QED) is 0.444. The number of aromatic nitrogens is 1. The van der Waals surface area contributed by atoms with Crippen molar-refractivity contribution in [3.05, 3.63) is 23.9 Å². The molecule has 28 heavy (non-hydrogen) atoms. The molecule has 1 saturated heterocycles. The number of nitrogens with one attached hydrogen (secondary N) is 1. The van der Waals surface area contributed by atoms with Gasteiger partial charge in [-0.25, -0.2) is 4.98 Å². The fourth-order valence-electron chi connectivity index (χ4n) is 3.31. The van der Waals surface area contributed by atoms with E-state index in [1.807, 2.05) is 17.0 Å². The molecule has 1 fully saturated rings. The minimum atomic E-state index is 0.107. The van der Waals surface area contributed by atoms with Crippen molar-refractivity contribution in [1.82, 2.24) is 14.8 Å². The molecule has 0 spiro atoms. The van der Waals surface area contributed by atoms with Crippen LogP contribution >= 0.6 is 12.6 Å². The number of pyridine rings is 1. The van der Waals surface area contributed by atoms with Gasteiger partial charge < -0.3 is 10.2 Å². The van der Waals surface area contributed by atoms with Crippen molar-refractivity contribution in [1.29, 1.82) is 0 Å². The molecule has 0 bridgehead atoms. The minimum Gasteiger partial charge on any atom is -0.369 e. The molecule has 2 rings (SSSR count). The third-order valence-corrected chi connectivity index (χ3v) is 5.04. The molecular weight excluding hydrogens is 368 g/mol. The van der Waals surface area contributed by atoms with E-state index >= 15 is 0 Å². The fraction of sp³-hybridized carbons (Fsp3) is 0.727. The highest BCUT2D eigenvalue weighted by Crippen LogP contribution is 2.16. The van der Waals surface area contributed by atoms with E-state index in [1.165, 1.54) is 25.7 Å². The number of amides is 1. The Bertz CT molecular complexity index is 545. The molecule has 0 saturated carbocycles. The zero-order valence-electron chi connectivity index (χ0n) is 18.3. The van der Waals surface area contributed by atoms with E-state index < -0.39 is 0 Å². The number of rotatable bonds is 10. The first-order chi connectivity index (χ1) is 13.6. The largest absolute Gasteiger partial charge is 0.369 e. The molecule has 0 aromatic carbocycles. The molecular formula is C22H40N4OS. The molecule has 0 radical (unpaired) electrons. The Labute approximate surface area is 177 Å². The number of piperazine rings is 1. The van der Waals surface area contributed by atoms with Gasteiger partial charge in [-0.3, -0.25) is 9.69 Å². The summed E-state index contributed by atoms with van der Waals surface area (Å²) in [5.41, 5.74) is 0.702. The summed E-state index contributed by atoms with van der Waals surface area (Å²) in [4.78, 5) is 21.8. The zero-order chi connectivity index (χ0) is 20.8. The summed E-state index contributed by atoms with van der Waals surface area (Å²) in [6, 6.07) is 3.75. The van der Waals surface area contributed by atoms with E-state index in [1.54, 1.807) is 12.5 Å². The SMILES string of the molecule is CCCCCCN1CCN(C(=O)c2cccnc2NCCC(C)C)CC1.CS. The van der Waals surface area contributed by atoms with E-state index in [9.17, 15) is 4.79 Å². The van der Waals surface area contributed by atoms with Gasteiger partial charge in [0.05, 0.1) is 5.56 Å². The van der Waals surface area contributed by atoms with E-state index in [2.05, 4.69) is 48.6 Å². The summed E-state index contributed by atoms with van der Waals surface area (Å²) in [6.45, 7) is 12.2. The lowest BCUT2D eigenvalue weighted by Crippen LogP contribution is -2.49. The lowest BCUT2D eigenvalue weighted by Gasteiger charge is -2.35. The predicted molar refractivity (Wildman–Crippen MR) is 124 cm³/mol. The molecule has 0 atom stereocenters. The van der Waals surface area contributed by atoms with Crippen LogP contribution in [-0.4, -0.2) is 66.2 Å². The van der Waals surface area contributed by atoms with Gasteiger partial charge in [0.15, 0.2) is 0 Å². The van der Waals surface area contributed by atoms with Crippen LogP contribution in [0.25, 0.3) is 0 Å². The van der Waals surface area contributed by atoms with Gasteiger partial charge in [-0.2, -0.15) is 12.6 Å². The highest BCUT2D eigenvalue weighted by Gasteiger charge is 2.23. The van der Waals surface area contributed by atoms with E-state index in [0.29, 0.717) is 11.5 Å². The molecule has 2 heterocycles. The minimum absolute atomic E-state index is 0.107. The summed E-state index contributed by atoms with van der Waals surface area (Å²) < 4.78 is 0. The molecule has 1 aromatic heterocycles. The normalized spacial score (nSPS) is 14.6. The molecule has 1 aliphatic heterocycles.